The zero-order valence-corrected chi connectivity index (χ0v) is 14.6. The highest BCUT2D eigenvalue weighted by Crippen LogP contribution is 2.50. The maximum absolute atomic E-state index is 4.74. The minimum Gasteiger partial charge on any atom is -0.340 e. The van der Waals surface area contributed by atoms with Crippen LogP contribution < -0.4 is 15.5 Å². The van der Waals surface area contributed by atoms with Gasteiger partial charge in [0.2, 0.25) is 5.95 Å². The number of rotatable bonds is 6. The van der Waals surface area contributed by atoms with Gasteiger partial charge in [0.1, 0.15) is 5.82 Å². The fourth-order valence-electron chi connectivity index (χ4n) is 4.64. The number of aromatic amines is 1. The van der Waals surface area contributed by atoms with Crippen LogP contribution >= 0.6 is 0 Å². The van der Waals surface area contributed by atoms with E-state index in [0.717, 1.165) is 43.1 Å². The highest BCUT2D eigenvalue weighted by atomic mass is 15.3. The second-order valence-electron chi connectivity index (χ2n) is 8.03. The smallest absolute Gasteiger partial charge is 0.227 e. The van der Waals surface area contributed by atoms with E-state index in [1.165, 1.54) is 31.4 Å². The van der Waals surface area contributed by atoms with Gasteiger partial charge in [0.05, 0.1) is 0 Å². The van der Waals surface area contributed by atoms with Gasteiger partial charge < -0.3 is 15.5 Å². The van der Waals surface area contributed by atoms with Gasteiger partial charge in [0.15, 0.2) is 5.82 Å². The molecule has 2 saturated heterocycles. The van der Waals surface area contributed by atoms with Gasteiger partial charge in [-0.15, -0.1) is 0 Å². The Bertz CT molecular complexity index is 755. The molecule has 2 aliphatic heterocycles. The molecule has 0 spiro atoms. The molecule has 2 saturated carbocycles. The zero-order chi connectivity index (χ0) is 16.9. The lowest BCUT2D eigenvalue weighted by molar-refractivity contribution is 0.0332. The largest absolute Gasteiger partial charge is 0.340 e. The first-order valence-corrected chi connectivity index (χ1v) is 9.28. The molecule has 132 valence electrons. The van der Waals surface area contributed by atoms with Crippen LogP contribution in [0.1, 0.15) is 37.3 Å². The average molecular weight is 339 g/mol. The van der Waals surface area contributed by atoms with Crippen molar-refractivity contribution in [2.45, 2.75) is 31.6 Å². The van der Waals surface area contributed by atoms with Crippen molar-refractivity contribution in [2.24, 2.45) is 11.3 Å². The molecule has 7 heteroatoms. The third kappa shape index (κ3) is 2.86. The van der Waals surface area contributed by atoms with Gasteiger partial charge in [0, 0.05) is 48.9 Å². The molecule has 4 aliphatic rings. The van der Waals surface area contributed by atoms with Crippen LogP contribution in [-0.4, -0.2) is 46.8 Å². The molecule has 2 aliphatic carbocycles. The van der Waals surface area contributed by atoms with E-state index in [2.05, 4.69) is 36.8 Å². The Morgan fingerprint density at radius 3 is 3.00 bits per heavy atom. The molecule has 4 fully saturated rings. The summed E-state index contributed by atoms with van der Waals surface area (Å²) in [5, 5.41) is 14.1. The summed E-state index contributed by atoms with van der Waals surface area (Å²) in [5.41, 5.74) is 1.63. The van der Waals surface area contributed by atoms with E-state index < -0.39 is 0 Å². The number of nitrogens with zero attached hydrogens (tertiary/aromatic N) is 4. The molecule has 3 N–H and O–H groups in total. The van der Waals surface area contributed by atoms with Crippen LogP contribution in [0.3, 0.4) is 0 Å². The summed E-state index contributed by atoms with van der Waals surface area (Å²) < 4.78 is 0. The van der Waals surface area contributed by atoms with Crippen molar-refractivity contribution in [3.8, 4) is 0 Å². The van der Waals surface area contributed by atoms with Gasteiger partial charge in [-0.1, -0.05) is 0 Å². The molecular weight excluding hydrogens is 314 g/mol. The molecule has 2 aromatic heterocycles. The molecule has 25 heavy (non-hydrogen) atoms. The predicted octanol–water partition coefficient (Wildman–Crippen LogP) is 2.26. The second-order valence-corrected chi connectivity index (χ2v) is 8.03. The minimum absolute atomic E-state index is 0.409. The summed E-state index contributed by atoms with van der Waals surface area (Å²) in [6.45, 7) is 3.19. The van der Waals surface area contributed by atoms with Crippen molar-refractivity contribution in [1.82, 2.24) is 25.5 Å². The number of nitrogens with one attached hydrogen (secondary N) is 3. The van der Waals surface area contributed by atoms with Crippen LogP contribution in [0, 0.1) is 11.3 Å². The molecule has 0 radical (unpaired) electrons. The SMILES string of the molecule is CNCC12CC(CN(c3nccc(Nc4cc(C5CC5)[nH]n4)n3)C1)C2. The molecule has 0 atom stereocenters. The zero-order valence-electron chi connectivity index (χ0n) is 14.6. The Kier molecular flexibility index (Phi) is 3.45. The first-order valence-electron chi connectivity index (χ1n) is 9.28. The molecular formula is C18H25N7. The lowest BCUT2D eigenvalue weighted by Crippen LogP contribution is -2.60. The van der Waals surface area contributed by atoms with E-state index in [4.69, 9.17) is 4.98 Å². The molecule has 0 aromatic carbocycles. The Labute approximate surface area is 147 Å². The topological polar surface area (TPSA) is 81.8 Å². The van der Waals surface area contributed by atoms with E-state index in [9.17, 15) is 0 Å². The van der Waals surface area contributed by atoms with Crippen molar-refractivity contribution in [3.05, 3.63) is 24.0 Å². The van der Waals surface area contributed by atoms with E-state index in [1.54, 1.807) is 0 Å². The number of piperidine rings is 2. The van der Waals surface area contributed by atoms with Crippen LogP contribution in [0.25, 0.3) is 0 Å². The van der Waals surface area contributed by atoms with E-state index in [-0.39, 0.29) is 0 Å². The second kappa shape index (κ2) is 5.69. The molecule has 4 heterocycles. The molecule has 2 aromatic rings. The van der Waals surface area contributed by atoms with Gasteiger partial charge in [-0.3, -0.25) is 5.10 Å². The number of hydrogen-bond donors (Lipinski definition) is 3. The maximum atomic E-state index is 4.74. The summed E-state index contributed by atoms with van der Waals surface area (Å²) in [5.74, 6) is 3.93. The number of aromatic nitrogens is 4. The average Bonchev–Trinajstić information content (AvgIpc) is 3.35. The monoisotopic (exact) mass is 339 g/mol. The molecule has 0 amide bonds. The van der Waals surface area contributed by atoms with Crippen LogP contribution in [0.2, 0.25) is 0 Å². The van der Waals surface area contributed by atoms with E-state index in [0.29, 0.717) is 11.3 Å². The molecule has 6 rings (SSSR count). The third-order valence-electron chi connectivity index (χ3n) is 5.80. The fraction of sp³-hybridized carbons (Fsp3) is 0.611. The lowest BCUT2D eigenvalue weighted by Gasteiger charge is -2.56. The van der Waals surface area contributed by atoms with Gasteiger partial charge in [-0.2, -0.15) is 10.1 Å². The first-order chi connectivity index (χ1) is 12.2. The van der Waals surface area contributed by atoms with Gasteiger partial charge >= 0.3 is 0 Å². The van der Waals surface area contributed by atoms with Crippen molar-refractivity contribution in [3.63, 3.8) is 0 Å². The van der Waals surface area contributed by atoms with Crippen molar-refractivity contribution in [2.75, 3.05) is 36.9 Å². The predicted molar refractivity (Wildman–Crippen MR) is 97.2 cm³/mol. The number of H-pyrrole nitrogens is 1. The Balaban J connectivity index is 1.30. The standard InChI is InChI=1S/C18H25N7/c1-19-10-18-7-12(8-18)9-25(11-18)17-20-5-4-15(22-17)21-16-6-14(23-24-16)13-2-3-13/h4-6,12-13,19H,2-3,7-11H2,1H3,(H2,20,21,22,23,24). The lowest BCUT2D eigenvalue weighted by atomic mass is 9.59. The summed E-state index contributed by atoms with van der Waals surface area (Å²) in [6.07, 6.45) is 7.04. The highest BCUT2D eigenvalue weighted by molar-refractivity contribution is 5.54. The molecule has 7 nitrogen and oxygen atoms in total. The molecule has 2 bridgehead atoms. The van der Waals surface area contributed by atoms with Crippen LogP contribution in [0.15, 0.2) is 18.3 Å². The fourth-order valence-corrected chi connectivity index (χ4v) is 4.64. The quantitative estimate of drug-likeness (QED) is 0.749. The Morgan fingerprint density at radius 2 is 2.20 bits per heavy atom. The van der Waals surface area contributed by atoms with Crippen LogP contribution in [0.4, 0.5) is 17.6 Å². The van der Waals surface area contributed by atoms with Crippen LogP contribution in [-0.2, 0) is 0 Å². The number of hydrogen-bond acceptors (Lipinski definition) is 6. The van der Waals surface area contributed by atoms with Crippen molar-refractivity contribution in [1.29, 1.82) is 0 Å². The minimum atomic E-state index is 0.409. The highest BCUT2D eigenvalue weighted by Gasteiger charge is 2.49. The van der Waals surface area contributed by atoms with Crippen molar-refractivity contribution < 1.29 is 0 Å². The number of fused-ring (bicyclic) bond motifs is 2. The summed E-state index contributed by atoms with van der Waals surface area (Å²) in [6, 6.07) is 4.00. The summed E-state index contributed by atoms with van der Waals surface area (Å²) in [7, 11) is 2.04. The normalized spacial score (nSPS) is 27.9. The van der Waals surface area contributed by atoms with Crippen molar-refractivity contribution >= 4 is 17.6 Å². The maximum Gasteiger partial charge on any atom is 0.227 e. The van der Waals surface area contributed by atoms with Gasteiger partial charge in [-0.05, 0) is 44.7 Å². The van der Waals surface area contributed by atoms with Gasteiger partial charge in [0.25, 0.3) is 0 Å². The Hall–Kier alpha value is -2.15. The Morgan fingerprint density at radius 1 is 1.32 bits per heavy atom. The van der Waals surface area contributed by atoms with Crippen LogP contribution in [0.5, 0.6) is 0 Å². The van der Waals surface area contributed by atoms with Gasteiger partial charge in [-0.25, -0.2) is 4.98 Å². The summed E-state index contributed by atoms with van der Waals surface area (Å²) >= 11 is 0. The number of anilines is 3. The first kappa shape index (κ1) is 15.1. The van der Waals surface area contributed by atoms with E-state index >= 15 is 0 Å². The van der Waals surface area contributed by atoms with E-state index in [1.807, 2.05) is 19.3 Å². The summed E-state index contributed by atoms with van der Waals surface area (Å²) in [4.78, 5) is 11.6. The molecule has 0 unspecified atom stereocenters. The third-order valence-corrected chi connectivity index (χ3v) is 5.80.